The third-order valence-corrected chi connectivity index (χ3v) is 10.4. The van der Waals surface area contributed by atoms with Gasteiger partial charge in [-0.3, -0.25) is 0 Å². The Kier molecular flexibility index (Phi) is 5.79. The van der Waals surface area contributed by atoms with Gasteiger partial charge in [-0.2, -0.15) is 0 Å². The molecule has 0 radical (unpaired) electrons. The van der Waals surface area contributed by atoms with E-state index in [-0.39, 0.29) is 0 Å². The van der Waals surface area contributed by atoms with Crippen LogP contribution >= 0.6 is 11.6 Å². The van der Waals surface area contributed by atoms with Gasteiger partial charge in [0.05, 0.1) is 10.8 Å². The number of rotatable bonds is 4. The molecule has 0 fully saturated rings. The normalized spacial score (nSPS) is 19.0. The van der Waals surface area contributed by atoms with Crippen LogP contribution in [0.15, 0.2) is 176 Å². The first kappa shape index (κ1) is 26.3. The largest absolute Gasteiger partial charge is 0.0843 e. The van der Waals surface area contributed by atoms with E-state index in [2.05, 4.69) is 164 Å². The monoisotopic (exact) mass is 592 g/mol. The first-order valence-electron chi connectivity index (χ1n) is 15.6. The summed E-state index contributed by atoms with van der Waals surface area (Å²) < 4.78 is 0. The highest BCUT2D eigenvalue weighted by molar-refractivity contribution is 6.30. The minimum absolute atomic E-state index is 0.429. The zero-order valence-corrected chi connectivity index (χ0v) is 25.4. The molecule has 0 aromatic heterocycles. The number of hydrogen-bond acceptors (Lipinski definition) is 0. The highest BCUT2D eigenvalue weighted by Gasteiger charge is 2.57. The SMILES string of the molecule is Clc1ccc(-c2ccc(C3(c4ccccc4)c4ccccc4C4(c5ccccc5)c5ccccc5-c5cccc3c54)cc2)cc1. The molecule has 2 aliphatic rings. The molecule has 2 atom stereocenters. The summed E-state index contributed by atoms with van der Waals surface area (Å²) in [5.41, 5.74) is 14.6. The Balaban J connectivity index is 1.43. The fourth-order valence-electron chi connectivity index (χ4n) is 8.41. The summed E-state index contributed by atoms with van der Waals surface area (Å²) in [5, 5.41) is 0.748. The average molecular weight is 593 g/mol. The van der Waals surface area contributed by atoms with Crippen LogP contribution in [0.4, 0.5) is 0 Å². The first-order chi connectivity index (χ1) is 22.2. The van der Waals surface area contributed by atoms with Crippen LogP contribution in [0.2, 0.25) is 5.02 Å². The molecule has 2 unspecified atom stereocenters. The first-order valence-corrected chi connectivity index (χ1v) is 15.9. The van der Waals surface area contributed by atoms with Gasteiger partial charge in [0.2, 0.25) is 0 Å². The molecule has 2 aliphatic carbocycles. The standard InChI is InChI=1S/C44H29Cl/c45-35-28-24-31(25-29-35)30-22-26-34(27-23-30)43(32-12-3-1-4-13-32)39-19-9-10-20-40(39)44(33-14-5-2-6-15-33)38-18-8-7-16-36(38)37-17-11-21-41(43)42(37)44/h1-29H. The quantitative estimate of drug-likeness (QED) is 0.191. The summed E-state index contributed by atoms with van der Waals surface area (Å²) in [7, 11) is 0. The molecule has 0 amide bonds. The van der Waals surface area contributed by atoms with Crippen LogP contribution in [-0.2, 0) is 10.8 Å². The third kappa shape index (κ3) is 3.49. The molecule has 0 spiro atoms. The summed E-state index contributed by atoms with van der Waals surface area (Å²) >= 11 is 6.23. The molecule has 9 rings (SSSR count). The van der Waals surface area contributed by atoms with Crippen molar-refractivity contribution in [1.29, 1.82) is 0 Å². The van der Waals surface area contributed by atoms with Crippen LogP contribution in [0, 0.1) is 0 Å². The topological polar surface area (TPSA) is 0 Å². The summed E-state index contributed by atoms with van der Waals surface area (Å²) in [6.07, 6.45) is 0. The Morgan fingerprint density at radius 2 is 0.756 bits per heavy atom. The van der Waals surface area contributed by atoms with Gasteiger partial charge in [0.1, 0.15) is 0 Å². The lowest BCUT2D eigenvalue weighted by atomic mass is 9.51. The molecule has 0 saturated heterocycles. The second-order valence-electron chi connectivity index (χ2n) is 12.1. The van der Waals surface area contributed by atoms with Crippen molar-refractivity contribution in [1.82, 2.24) is 0 Å². The van der Waals surface area contributed by atoms with Crippen LogP contribution in [0.5, 0.6) is 0 Å². The fourth-order valence-corrected chi connectivity index (χ4v) is 8.54. The average Bonchev–Trinajstić information content (AvgIpc) is 3.42. The van der Waals surface area contributed by atoms with E-state index in [1.54, 1.807) is 0 Å². The van der Waals surface area contributed by atoms with E-state index >= 15 is 0 Å². The van der Waals surface area contributed by atoms with Crippen molar-refractivity contribution >= 4 is 11.6 Å². The molecule has 7 aromatic carbocycles. The Hall–Kier alpha value is -5.17. The van der Waals surface area contributed by atoms with Crippen LogP contribution in [0.1, 0.15) is 44.5 Å². The lowest BCUT2D eigenvalue weighted by molar-refractivity contribution is 0.627. The van der Waals surface area contributed by atoms with Crippen LogP contribution in [0.3, 0.4) is 0 Å². The number of benzene rings is 7. The Morgan fingerprint density at radius 1 is 0.311 bits per heavy atom. The third-order valence-electron chi connectivity index (χ3n) is 10.1. The number of hydrogen-bond donors (Lipinski definition) is 0. The maximum atomic E-state index is 6.23. The molecular formula is C44H29Cl. The highest BCUT2D eigenvalue weighted by atomic mass is 35.5. The lowest BCUT2D eigenvalue weighted by Gasteiger charge is -2.49. The van der Waals surface area contributed by atoms with Crippen molar-refractivity contribution in [3.63, 3.8) is 0 Å². The predicted molar refractivity (Wildman–Crippen MR) is 186 cm³/mol. The fraction of sp³-hybridized carbons (Fsp3) is 0.0455. The zero-order chi connectivity index (χ0) is 30.0. The van der Waals surface area contributed by atoms with Crippen molar-refractivity contribution in [2.45, 2.75) is 10.8 Å². The van der Waals surface area contributed by atoms with E-state index in [9.17, 15) is 0 Å². The minimum atomic E-state index is -0.526. The molecular weight excluding hydrogens is 564 g/mol. The summed E-state index contributed by atoms with van der Waals surface area (Å²) in [6, 6.07) is 64.7. The molecule has 212 valence electrons. The molecule has 0 aliphatic heterocycles. The minimum Gasteiger partial charge on any atom is -0.0843 e. The zero-order valence-electron chi connectivity index (χ0n) is 24.6. The van der Waals surface area contributed by atoms with E-state index in [1.165, 1.54) is 61.2 Å². The van der Waals surface area contributed by atoms with Crippen LogP contribution in [0.25, 0.3) is 22.3 Å². The van der Waals surface area contributed by atoms with Crippen molar-refractivity contribution < 1.29 is 0 Å². The molecule has 7 aromatic rings. The van der Waals surface area contributed by atoms with Crippen molar-refractivity contribution in [3.05, 3.63) is 225 Å². The number of fused-ring (bicyclic) bond motifs is 5. The maximum Gasteiger partial charge on any atom is 0.0720 e. The molecule has 1 heteroatoms. The second kappa shape index (κ2) is 9.92. The highest BCUT2D eigenvalue weighted by Crippen LogP contribution is 2.65. The van der Waals surface area contributed by atoms with Crippen molar-refractivity contribution in [2.24, 2.45) is 0 Å². The van der Waals surface area contributed by atoms with Gasteiger partial charge >= 0.3 is 0 Å². The van der Waals surface area contributed by atoms with E-state index in [4.69, 9.17) is 11.6 Å². The maximum absolute atomic E-state index is 6.23. The molecule has 0 N–H and O–H groups in total. The van der Waals surface area contributed by atoms with E-state index < -0.39 is 10.8 Å². The lowest BCUT2D eigenvalue weighted by Crippen LogP contribution is -2.44. The van der Waals surface area contributed by atoms with Crippen molar-refractivity contribution in [3.8, 4) is 22.3 Å². The Bertz CT molecular complexity index is 2200. The van der Waals surface area contributed by atoms with Gasteiger partial charge in [-0.05, 0) is 78.9 Å². The second-order valence-corrected chi connectivity index (χ2v) is 12.6. The number of halogens is 1. The summed E-state index contributed by atoms with van der Waals surface area (Å²) in [6.45, 7) is 0. The van der Waals surface area contributed by atoms with E-state index in [1.807, 2.05) is 12.1 Å². The van der Waals surface area contributed by atoms with Gasteiger partial charge in [0, 0.05) is 5.02 Å². The summed E-state index contributed by atoms with van der Waals surface area (Å²) in [4.78, 5) is 0. The smallest absolute Gasteiger partial charge is 0.0720 e. The van der Waals surface area contributed by atoms with Gasteiger partial charge in [0.15, 0.2) is 0 Å². The van der Waals surface area contributed by atoms with E-state index in [0.717, 1.165) is 10.6 Å². The molecule has 0 nitrogen and oxygen atoms in total. The van der Waals surface area contributed by atoms with Crippen LogP contribution < -0.4 is 0 Å². The Morgan fingerprint density at radius 3 is 1.40 bits per heavy atom. The van der Waals surface area contributed by atoms with Crippen LogP contribution in [-0.4, -0.2) is 0 Å². The molecule has 0 saturated carbocycles. The molecule has 0 heterocycles. The predicted octanol–water partition coefficient (Wildman–Crippen LogP) is 11.1. The van der Waals surface area contributed by atoms with Gasteiger partial charge < -0.3 is 0 Å². The van der Waals surface area contributed by atoms with Gasteiger partial charge in [0.25, 0.3) is 0 Å². The Labute approximate surface area is 269 Å². The molecule has 0 bridgehead atoms. The van der Waals surface area contributed by atoms with Crippen molar-refractivity contribution in [2.75, 3.05) is 0 Å². The van der Waals surface area contributed by atoms with Gasteiger partial charge in [-0.1, -0.05) is 175 Å². The molecule has 45 heavy (non-hydrogen) atoms. The van der Waals surface area contributed by atoms with E-state index in [0.29, 0.717) is 0 Å². The van der Waals surface area contributed by atoms with Gasteiger partial charge in [-0.25, -0.2) is 0 Å². The summed E-state index contributed by atoms with van der Waals surface area (Å²) in [5.74, 6) is 0. The van der Waals surface area contributed by atoms with Gasteiger partial charge in [-0.15, -0.1) is 0 Å².